The number of hydrogen-bond donors (Lipinski definition) is 1. The molecule has 0 fully saturated rings. The van der Waals surface area contributed by atoms with E-state index in [2.05, 4.69) is 124 Å². The summed E-state index contributed by atoms with van der Waals surface area (Å²) in [6, 6.07) is 5.67. The first kappa shape index (κ1) is 48.5. The van der Waals surface area contributed by atoms with E-state index in [1.54, 1.807) is 13.2 Å². The molecule has 54 heavy (non-hydrogen) atoms. The van der Waals surface area contributed by atoms with Gasteiger partial charge in [-0.2, -0.15) is 0 Å². The SMILES string of the molecule is COc1cccc(C/C=C(\C)CC/C=C(\C)CC/C=C(\C)CC/C=C(\C)CC/C=C(\C)CC/C=C(\C)CC/C=C(\C)CC/C=C(\C)CCC=C(C)C)c1O. The second-order valence-corrected chi connectivity index (χ2v) is 16.2. The van der Waals surface area contributed by atoms with Crippen molar-refractivity contribution in [2.45, 2.75) is 178 Å². The Kier molecular flexibility index (Phi) is 26.8. The van der Waals surface area contributed by atoms with Gasteiger partial charge in [-0.3, -0.25) is 0 Å². The third-order valence-corrected chi connectivity index (χ3v) is 10.3. The Bertz CT molecular complexity index is 1510. The predicted octanol–water partition coefficient (Wildman–Crippen LogP) is 16.7. The normalized spacial score (nSPS) is 14.2. The van der Waals surface area contributed by atoms with Crippen LogP contribution in [-0.4, -0.2) is 12.2 Å². The van der Waals surface area contributed by atoms with E-state index in [1.165, 1.54) is 82.3 Å². The summed E-state index contributed by atoms with van der Waals surface area (Å²) in [6.07, 6.45) is 40.6. The standard InChI is InChI=1S/C52H80O2/c1-41(2)21-12-22-42(3)23-13-24-43(4)25-14-26-44(5)27-15-28-45(6)29-16-30-46(7)31-17-32-47(8)33-18-34-48(9)35-19-36-49(10)39-40-50-37-20-38-51(54-11)52(50)53/h20-21,23,25,27,29,31,33,35,37-39,53H,12-19,22,24,26,28,30,32,34,36,40H2,1-11H3/b42-23+,43-25+,44-27+,45-29+,46-31+,47-33+,48-35+,49-39+. The molecule has 300 valence electrons. The molecule has 0 aliphatic carbocycles. The van der Waals surface area contributed by atoms with Crippen molar-refractivity contribution in [2.24, 2.45) is 0 Å². The number of hydrogen-bond acceptors (Lipinski definition) is 2. The molecule has 0 radical (unpaired) electrons. The lowest BCUT2D eigenvalue weighted by atomic mass is 10.0. The van der Waals surface area contributed by atoms with Crippen molar-refractivity contribution in [1.82, 2.24) is 0 Å². The number of phenols is 1. The zero-order valence-corrected chi connectivity index (χ0v) is 36.8. The Morgan fingerprint density at radius 2 is 0.704 bits per heavy atom. The molecule has 0 atom stereocenters. The molecule has 2 nitrogen and oxygen atoms in total. The Hall–Kier alpha value is -3.52. The molecule has 0 heterocycles. The predicted molar refractivity (Wildman–Crippen MR) is 242 cm³/mol. The lowest BCUT2D eigenvalue weighted by molar-refractivity contribution is 0.371. The summed E-state index contributed by atoms with van der Waals surface area (Å²) in [5, 5.41) is 10.3. The summed E-state index contributed by atoms with van der Waals surface area (Å²) >= 11 is 0. The van der Waals surface area contributed by atoms with Crippen LogP contribution in [0.25, 0.3) is 0 Å². The molecule has 0 spiro atoms. The Morgan fingerprint density at radius 3 is 0.981 bits per heavy atom. The maximum absolute atomic E-state index is 10.3. The molecule has 2 heteroatoms. The van der Waals surface area contributed by atoms with Crippen LogP contribution in [0.15, 0.2) is 123 Å². The van der Waals surface area contributed by atoms with Crippen molar-refractivity contribution in [3.05, 3.63) is 129 Å². The molecule has 0 unspecified atom stereocenters. The second-order valence-electron chi connectivity index (χ2n) is 16.2. The summed E-state index contributed by atoms with van der Waals surface area (Å²) in [5.74, 6) is 0.783. The minimum atomic E-state index is 0.248. The van der Waals surface area contributed by atoms with Gasteiger partial charge in [-0.05, 0) is 184 Å². The molecule has 0 saturated heterocycles. The Morgan fingerprint density at radius 1 is 0.426 bits per heavy atom. The first-order valence-electron chi connectivity index (χ1n) is 21.0. The Labute approximate surface area is 334 Å². The van der Waals surface area contributed by atoms with Gasteiger partial charge < -0.3 is 9.84 Å². The van der Waals surface area contributed by atoms with Crippen molar-refractivity contribution < 1.29 is 9.84 Å². The second kappa shape index (κ2) is 29.8. The van der Waals surface area contributed by atoms with Gasteiger partial charge in [0.1, 0.15) is 0 Å². The highest BCUT2D eigenvalue weighted by Crippen LogP contribution is 2.30. The van der Waals surface area contributed by atoms with Crippen LogP contribution >= 0.6 is 0 Å². The van der Waals surface area contributed by atoms with Crippen molar-refractivity contribution in [1.29, 1.82) is 0 Å². The fourth-order valence-electron chi connectivity index (χ4n) is 6.41. The van der Waals surface area contributed by atoms with Gasteiger partial charge in [0, 0.05) is 5.56 Å². The molecule has 0 bridgehead atoms. The van der Waals surface area contributed by atoms with Crippen LogP contribution in [-0.2, 0) is 6.42 Å². The highest BCUT2D eigenvalue weighted by Gasteiger charge is 2.06. The first-order valence-corrected chi connectivity index (χ1v) is 21.0. The van der Waals surface area contributed by atoms with E-state index in [4.69, 9.17) is 4.74 Å². The van der Waals surface area contributed by atoms with Crippen molar-refractivity contribution in [3.63, 3.8) is 0 Å². The van der Waals surface area contributed by atoms with Gasteiger partial charge in [-0.25, -0.2) is 0 Å². The minimum Gasteiger partial charge on any atom is -0.504 e. The van der Waals surface area contributed by atoms with Crippen LogP contribution < -0.4 is 4.74 Å². The molecule has 0 aliphatic heterocycles. The summed E-state index contributed by atoms with van der Waals surface area (Å²) in [7, 11) is 1.59. The highest BCUT2D eigenvalue weighted by molar-refractivity contribution is 5.46. The zero-order valence-electron chi connectivity index (χ0n) is 36.8. The molecule has 0 saturated carbocycles. The van der Waals surface area contributed by atoms with Crippen molar-refractivity contribution >= 4 is 0 Å². The van der Waals surface area contributed by atoms with E-state index in [0.717, 1.165) is 82.6 Å². The third kappa shape index (κ3) is 25.5. The first-order chi connectivity index (χ1) is 25.8. The molecular weight excluding hydrogens is 657 g/mol. The number of allylic oxidation sites excluding steroid dienone is 18. The average molecular weight is 737 g/mol. The summed E-state index contributed by atoms with van der Waals surface area (Å²) < 4.78 is 5.23. The molecule has 1 rings (SSSR count). The van der Waals surface area contributed by atoms with Crippen molar-refractivity contribution in [3.8, 4) is 11.5 Å². The average Bonchev–Trinajstić information content (AvgIpc) is 3.11. The van der Waals surface area contributed by atoms with Crippen LogP contribution in [0.2, 0.25) is 0 Å². The fraction of sp³-hybridized carbons (Fsp3) is 0.538. The zero-order chi connectivity index (χ0) is 40.1. The largest absolute Gasteiger partial charge is 0.504 e. The summed E-state index contributed by atoms with van der Waals surface area (Å²) in [6.45, 7) is 22.5. The lowest BCUT2D eigenvalue weighted by Crippen LogP contribution is -1.89. The lowest BCUT2D eigenvalue weighted by Gasteiger charge is -2.07. The van der Waals surface area contributed by atoms with E-state index in [9.17, 15) is 5.11 Å². The van der Waals surface area contributed by atoms with Crippen LogP contribution in [0.1, 0.15) is 178 Å². The van der Waals surface area contributed by atoms with Gasteiger partial charge in [0.2, 0.25) is 0 Å². The minimum absolute atomic E-state index is 0.248. The van der Waals surface area contributed by atoms with Crippen LogP contribution in [0.5, 0.6) is 11.5 Å². The van der Waals surface area contributed by atoms with Gasteiger partial charge in [0.25, 0.3) is 0 Å². The molecule has 0 aromatic heterocycles. The summed E-state index contributed by atoms with van der Waals surface area (Å²) in [4.78, 5) is 0. The van der Waals surface area contributed by atoms with Crippen LogP contribution in [0.4, 0.5) is 0 Å². The number of aromatic hydroxyl groups is 1. The molecule has 1 aromatic carbocycles. The van der Waals surface area contributed by atoms with E-state index in [1.807, 2.05) is 12.1 Å². The van der Waals surface area contributed by atoms with Gasteiger partial charge in [-0.1, -0.05) is 117 Å². The van der Waals surface area contributed by atoms with Crippen LogP contribution in [0.3, 0.4) is 0 Å². The van der Waals surface area contributed by atoms with Gasteiger partial charge in [-0.15, -0.1) is 0 Å². The fourth-order valence-corrected chi connectivity index (χ4v) is 6.41. The summed E-state index contributed by atoms with van der Waals surface area (Å²) in [5.41, 5.74) is 14.3. The van der Waals surface area contributed by atoms with Crippen LogP contribution in [0, 0.1) is 0 Å². The Balaban J connectivity index is 2.26. The topological polar surface area (TPSA) is 29.5 Å². The van der Waals surface area contributed by atoms with E-state index in [-0.39, 0.29) is 5.75 Å². The number of benzene rings is 1. The smallest absolute Gasteiger partial charge is 0.161 e. The number of para-hydroxylation sites is 1. The van der Waals surface area contributed by atoms with Gasteiger partial charge in [0.15, 0.2) is 11.5 Å². The molecule has 1 aromatic rings. The maximum Gasteiger partial charge on any atom is 0.161 e. The monoisotopic (exact) mass is 737 g/mol. The number of rotatable bonds is 27. The number of methoxy groups -OCH3 is 1. The third-order valence-electron chi connectivity index (χ3n) is 10.3. The molecule has 0 aliphatic rings. The van der Waals surface area contributed by atoms with E-state index >= 15 is 0 Å². The molecular formula is C52H80O2. The van der Waals surface area contributed by atoms with Crippen molar-refractivity contribution in [2.75, 3.05) is 7.11 Å². The number of phenolic OH excluding ortho intramolecular Hbond substituents is 1. The van der Waals surface area contributed by atoms with Gasteiger partial charge in [0.05, 0.1) is 7.11 Å². The van der Waals surface area contributed by atoms with E-state index in [0.29, 0.717) is 5.75 Å². The quantitative estimate of drug-likeness (QED) is 0.0912. The number of ether oxygens (including phenoxy) is 1. The van der Waals surface area contributed by atoms with Gasteiger partial charge >= 0.3 is 0 Å². The molecule has 0 amide bonds. The highest BCUT2D eigenvalue weighted by atomic mass is 16.5. The maximum atomic E-state index is 10.3. The molecule has 1 N–H and O–H groups in total. The van der Waals surface area contributed by atoms with E-state index < -0.39 is 0 Å².